The summed E-state index contributed by atoms with van der Waals surface area (Å²) in [7, 11) is 0. The molecule has 2 heterocycles. The number of nitrogens with one attached hydrogen (secondary N) is 1. The summed E-state index contributed by atoms with van der Waals surface area (Å²) in [6.07, 6.45) is 5.21. The van der Waals surface area contributed by atoms with Gasteiger partial charge in [-0.3, -0.25) is 9.67 Å². The van der Waals surface area contributed by atoms with Crippen LogP contribution in [0.3, 0.4) is 0 Å². The van der Waals surface area contributed by atoms with Crippen LogP contribution in [0.2, 0.25) is 0 Å². The van der Waals surface area contributed by atoms with Gasteiger partial charge in [-0.15, -0.1) is 11.3 Å². The van der Waals surface area contributed by atoms with Crippen molar-refractivity contribution in [3.8, 4) is 10.7 Å². The van der Waals surface area contributed by atoms with Gasteiger partial charge >= 0.3 is 0 Å². The standard InChI is InChI=1S/C14H22N4S2/c1-5-9(4)18-12(16-17-14(18)19)11-8-15-13(20-11)10(6-2)7-3/h8-10H,5-7H2,1-4H3,(H,17,19). The molecular formula is C14H22N4S2. The Labute approximate surface area is 129 Å². The number of H-pyrrole nitrogens is 1. The first kappa shape index (κ1) is 15.4. The highest BCUT2D eigenvalue weighted by Crippen LogP contribution is 2.33. The highest BCUT2D eigenvalue weighted by Gasteiger charge is 2.18. The van der Waals surface area contributed by atoms with Gasteiger partial charge in [0, 0.05) is 18.2 Å². The Bertz CT molecular complexity index is 607. The second-order valence-electron chi connectivity index (χ2n) is 5.06. The van der Waals surface area contributed by atoms with Crippen molar-refractivity contribution in [1.29, 1.82) is 0 Å². The Morgan fingerprint density at radius 3 is 2.60 bits per heavy atom. The third-order valence-corrected chi connectivity index (χ3v) is 5.26. The van der Waals surface area contributed by atoms with E-state index in [1.807, 2.05) is 6.20 Å². The first-order valence-electron chi connectivity index (χ1n) is 7.25. The predicted molar refractivity (Wildman–Crippen MR) is 86.8 cm³/mol. The van der Waals surface area contributed by atoms with Gasteiger partial charge in [0.1, 0.15) is 0 Å². The van der Waals surface area contributed by atoms with Crippen LogP contribution in [-0.4, -0.2) is 19.7 Å². The summed E-state index contributed by atoms with van der Waals surface area (Å²) < 4.78 is 2.78. The molecule has 0 bridgehead atoms. The number of thiazole rings is 1. The first-order chi connectivity index (χ1) is 9.62. The zero-order chi connectivity index (χ0) is 14.7. The van der Waals surface area contributed by atoms with Crippen LogP contribution in [0, 0.1) is 4.77 Å². The van der Waals surface area contributed by atoms with Crippen molar-refractivity contribution < 1.29 is 0 Å². The summed E-state index contributed by atoms with van der Waals surface area (Å²) in [4.78, 5) is 5.68. The number of aromatic nitrogens is 4. The Balaban J connectivity index is 2.40. The van der Waals surface area contributed by atoms with Crippen molar-refractivity contribution in [2.24, 2.45) is 0 Å². The minimum atomic E-state index is 0.343. The van der Waals surface area contributed by atoms with Gasteiger partial charge in [0.2, 0.25) is 0 Å². The average Bonchev–Trinajstić information content (AvgIpc) is 3.06. The molecule has 1 unspecified atom stereocenters. The second kappa shape index (κ2) is 6.63. The molecule has 4 nitrogen and oxygen atoms in total. The number of aromatic amines is 1. The molecule has 6 heteroatoms. The molecule has 0 aliphatic heterocycles. The van der Waals surface area contributed by atoms with E-state index in [2.05, 4.69) is 47.4 Å². The lowest BCUT2D eigenvalue weighted by atomic mass is 10.1. The van der Waals surface area contributed by atoms with Gasteiger partial charge in [-0.2, -0.15) is 5.10 Å². The SMILES string of the molecule is CCC(CC)c1ncc(-c2n[nH]c(=S)n2C(C)CC)s1. The van der Waals surface area contributed by atoms with Crippen LogP contribution < -0.4 is 0 Å². The van der Waals surface area contributed by atoms with Crippen LogP contribution in [0.15, 0.2) is 6.20 Å². The number of nitrogens with zero attached hydrogens (tertiary/aromatic N) is 3. The van der Waals surface area contributed by atoms with Gasteiger partial charge in [-0.1, -0.05) is 20.8 Å². The van der Waals surface area contributed by atoms with Crippen molar-refractivity contribution in [3.05, 3.63) is 16.0 Å². The summed E-state index contributed by atoms with van der Waals surface area (Å²) in [5, 5.41) is 8.51. The van der Waals surface area contributed by atoms with E-state index in [0.717, 1.165) is 30.0 Å². The summed E-state index contributed by atoms with van der Waals surface area (Å²) in [5.74, 6) is 1.46. The molecule has 2 aromatic rings. The van der Waals surface area contributed by atoms with Crippen LogP contribution in [0.25, 0.3) is 10.7 Å². The van der Waals surface area contributed by atoms with E-state index in [1.54, 1.807) is 11.3 Å². The average molecular weight is 310 g/mol. The second-order valence-corrected chi connectivity index (χ2v) is 6.50. The molecule has 2 rings (SSSR count). The fraction of sp³-hybridized carbons (Fsp3) is 0.643. The van der Waals surface area contributed by atoms with E-state index in [9.17, 15) is 0 Å². The highest BCUT2D eigenvalue weighted by atomic mass is 32.1. The minimum absolute atomic E-state index is 0.343. The zero-order valence-electron chi connectivity index (χ0n) is 12.5. The maximum atomic E-state index is 5.35. The van der Waals surface area contributed by atoms with Gasteiger partial charge in [-0.05, 0) is 38.4 Å². The van der Waals surface area contributed by atoms with Crippen LogP contribution in [-0.2, 0) is 0 Å². The van der Waals surface area contributed by atoms with Gasteiger partial charge < -0.3 is 0 Å². The lowest BCUT2D eigenvalue weighted by Gasteiger charge is -2.12. The van der Waals surface area contributed by atoms with E-state index in [-0.39, 0.29) is 0 Å². The largest absolute Gasteiger partial charge is 0.297 e. The topological polar surface area (TPSA) is 46.5 Å². The summed E-state index contributed by atoms with van der Waals surface area (Å²) >= 11 is 7.09. The molecule has 20 heavy (non-hydrogen) atoms. The Morgan fingerprint density at radius 1 is 1.30 bits per heavy atom. The van der Waals surface area contributed by atoms with Crippen molar-refractivity contribution in [1.82, 2.24) is 19.7 Å². The number of rotatable bonds is 6. The molecule has 1 atom stereocenters. The fourth-order valence-corrected chi connectivity index (χ4v) is 3.77. The molecule has 0 aromatic carbocycles. The van der Waals surface area contributed by atoms with Crippen LogP contribution in [0.4, 0.5) is 0 Å². The van der Waals surface area contributed by atoms with Crippen LogP contribution >= 0.6 is 23.6 Å². The smallest absolute Gasteiger partial charge is 0.195 e. The molecule has 0 aliphatic carbocycles. The maximum Gasteiger partial charge on any atom is 0.195 e. The third-order valence-electron chi connectivity index (χ3n) is 3.81. The molecule has 0 saturated heterocycles. The Hall–Kier alpha value is -1.01. The van der Waals surface area contributed by atoms with Gasteiger partial charge in [0.05, 0.1) is 9.88 Å². The van der Waals surface area contributed by atoms with Crippen LogP contribution in [0.1, 0.15) is 63.9 Å². The quantitative estimate of drug-likeness (QED) is 0.769. The lowest BCUT2D eigenvalue weighted by molar-refractivity contribution is 0.529. The van der Waals surface area contributed by atoms with Gasteiger partial charge in [-0.25, -0.2) is 4.98 Å². The molecule has 0 fully saturated rings. The molecular weight excluding hydrogens is 288 g/mol. The normalized spacial score (nSPS) is 13.1. The molecule has 0 radical (unpaired) electrons. The summed E-state index contributed by atoms with van der Waals surface area (Å²) in [6, 6.07) is 0.343. The van der Waals surface area contributed by atoms with Gasteiger partial charge in [0.25, 0.3) is 0 Å². The van der Waals surface area contributed by atoms with Crippen molar-refractivity contribution in [2.45, 2.75) is 58.9 Å². The van der Waals surface area contributed by atoms with Crippen molar-refractivity contribution in [3.63, 3.8) is 0 Å². The van der Waals surface area contributed by atoms with Crippen LogP contribution in [0.5, 0.6) is 0 Å². The molecule has 0 amide bonds. The molecule has 0 saturated carbocycles. The number of hydrogen-bond donors (Lipinski definition) is 1. The van der Waals surface area contributed by atoms with E-state index in [1.165, 1.54) is 5.01 Å². The summed E-state index contributed by atoms with van der Waals surface area (Å²) in [6.45, 7) is 8.75. The summed E-state index contributed by atoms with van der Waals surface area (Å²) in [5.41, 5.74) is 0. The molecule has 0 spiro atoms. The zero-order valence-corrected chi connectivity index (χ0v) is 14.1. The highest BCUT2D eigenvalue weighted by molar-refractivity contribution is 7.71. The number of hydrogen-bond acceptors (Lipinski definition) is 4. The van der Waals surface area contributed by atoms with E-state index < -0.39 is 0 Å². The minimum Gasteiger partial charge on any atom is -0.297 e. The van der Waals surface area contributed by atoms with E-state index >= 15 is 0 Å². The van der Waals surface area contributed by atoms with Crippen molar-refractivity contribution in [2.75, 3.05) is 0 Å². The molecule has 0 aliphatic rings. The molecule has 1 N–H and O–H groups in total. The van der Waals surface area contributed by atoms with E-state index in [0.29, 0.717) is 16.7 Å². The predicted octanol–water partition coefficient (Wildman–Crippen LogP) is 4.94. The van der Waals surface area contributed by atoms with Crippen molar-refractivity contribution >= 4 is 23.6 Å². The maximum absolute atomic E-state index is 5.35. The Morgan fingerprint density at radius 2 is 2.00 bits per heavy atom. The fourth-order valence-electron chi connectivity index (χ4n) is 2.29. The third kappa shape index (κ3) is 2.86. The van der Waals surface area contributed by atoms with Gasteiger partial charge in [0.15, 0.2) is 10.6 Å². The van der Waals surface area contributed by atoms with E-state index in [4.69, 9.17) is 12.2 Å². The molecule has 110 valence electrons. The molecule has 2 aromatic heterocycles. The monoisotopic (exact) mass is 310 g/mol. The first-order valence-corrected chi connectivity index (χ1v) is 8.47. The lowest BCUT2D eigenvalue weighted by Crippen LogP contribution is -2.05. The Kier molecular flexibility index (Phi) is 5.10.